The second-order valence-corrected chi connectivity index (χ2v) is 7.29. The third-order valence-electron chi connectivity index (χ3n) is 5.27. The molecule has 2 heterocycles. The van der Waals surface area contributed by atoms with Crippen LogP contribution >= 0.6 is 0 Å². The lowest BCUT2D eigenvalue weighted by Crippen LogP contribution is -2.28. The molecule has 0 amide bonds. The van der Waals surface area contributed by atoms with Crippen molar-refractivity contribution in [2.45, 2.75) is 19.8 Å². The number of aliphatic hydroxyl groups excluding tert-OH is 1. The van der Waals surface area contributed by atoms with E-state index in [-0.39, 0.29) is 44.6 Å². The number of hydrogen-bond acceptors (Lipinski definition) is 7. The van der Waals surface area contributed by atoms with Crippen LogP contribution in [0.25, 0.3) is 0 Å². The molecule has 0 saturated carbocycles. The Kier molecular flexibility index (Phi) is 5.76. The molecule has 2 aliphatic rings. The minimum Gasteiger partial charge on any atom is -0.466 e. The Morgan fingerprint density at radius 1 is 0.897 bits per heavy atom. The van der Waals surface area contributed by atoms with Gasteiger partial charge in [0.1, 0.15) is 0 Å². The summed E-state index contributed by atoms with van der Waals surface area (Å²) in [6, 6.07) is 11.6. The van der Waals surface area contributed by atoms with E-state index >= 15 is 0 Å². The highest BCUT2D eigenvalue weighted by Crippen LogP contribution is 2.35. The molecule has 2 atom stereocenters. The molecule has 0 spiro atoms. The fourth-order valence-electron chi connectivity index (χ4n) is 3.71. The van der Waals surface area contributed by atoms with E-state index in [1.807, 2.05) is 36.4 Å². The van der Waals surface area contributed by atoms with Gasteiger partial charge in [0.05, 0.1) is 6.61 Å². The molecule has 154 valence electrons. The number of esters is 1. The summed E-state index contributed by atoms with van der Waals surface area (Å²) in [5, 5.41) is 10.1. The van der Waals surface area contributed by atoms with E-state index < -0.39 is 0 Å². The maximum Gasteiger partial charge on any atom is 0.302 e. The molecule has 4 rings (SSSR count). The maximum absolute atomic E-state index is 11.4. The first kappa shape index (κ1) is 19.4. The van der Waals surface area contributed by atoms with Crippen molar-refractivity contribution in [1.29, 1.82) is 0 Å². The fraction of sp³-hybridized carbons (Fsp3) is 0.409. The first-order chi connectivity index (χ1) is 14.1. The van der Waals surface area contributed by atoms with E-state index in [2.05, 4.69) is 0 Å². The van der Waals surface area contributed by atoms with Crippen LogP contribution in [-0.2, 0) is 22.4 Å². The average molecular weight is 400 g/mol. The highest BCUT2D eigenvalue weighted by atomic mass is 16.7. The molecule has 29 heavy (non-hydrogen) atoms. The molecular weight excluding hydrogens is 376 g/mol. The smallest absolute Gasteiger partial charge is 0.302 e. The van der Waals surface area contributed by atoms with Gasteiger partial charge in [0, 0.05) is 19.4 Å². The summed E-state index contributed by atoms with van der Waals surface area (Å²) in [4.78, 5) is 11.4. The molecule has 0 aromatic heterocycles. The van der Waals surface area contributed by atoms with Gasteiger partial charge >= 0.3 is 5.97 Å². The van der Waals surface area contributed by atoms with E-state index in [0.29, 0.717) is 24.3 Å². The summed E-state index contributed by atoms with van der Waals surface area (Å²) in [5.74, 6) is 2.39. The van der Waals surface area contributed by atoms with Gasteiger partial charge in [-0.2, -0.15) is 0 Å². The quantitative estimate of drug-likeness (QED) is 0.682. The standard InChI is InChI=1S/C22H24O7/c1-14(24)25-11-18(7-16-3-5-20-22(9-16)29-13-27-20)17(10-23)6-15-2-4-19-21(8-15)28-12-26-19/h2-5,8-9,17-18,23H,6-7,10-13H2,1H3/t17-,18-/m1/s1. The van der Waals surface area contributed by atoms with Crippen LogP contribution in [0, 0.1) is 11.8 Å². The van der Waals surface area contributed by atoms with Gasteiger partial charge in [-0.25, -0.2) is 0 Å². The van der Waals surface area contributed by atoms with E-state index in [1.165, 1.54) is 6.92 Å². The van der Waals surface area contributed by atoms with Crippen molar-refractivity contribution in [3.63, 3.8) is 0 Å². The average Bonchev–Trinajstić information content (AvgIpc) is 3.37. The molecule has 0 fully saturated rings. The largest absolute Gasteiger partial charge is 0.466 e. The van der Waals surface area contributed by atoms with E-state index in [1.54, 1.807) is 0 Å². The van der Waals surface area contributed by atoms with Crippen molar-refractivity contribution < 1.29 is 33.6 Å². The van der Waals surface area contributed by atoms with Gasteiger partial charge in [-0.05, 0) is 54.2 Å². The second-order valence-electron chi connectivity index (χ2n) is 7.29. The first-order valence-corrected chi connectivity index (χ1v) is 9.63. The third-order valence-corrected chi connectivity index (χ3v) is 5.27. The van der Waals surface area contributed by atoms with Gasteiger partial charge in [0.2, 0.25) is 13.6 Å². The van der Waals surface area contributed by atoms with Crippen molar-refractivity contribution >= 4 is 5.97 Å². The van der Waals surface area contributed by atoms with Crippen molar-refractivity contribution in [3.8, 4) is 23.0 Å². The Hall–Kier alpha value is -2.93. The highest BCUT2D eigenvalue weighted by Gasteiger charge is 2.25. The normalized spacial score (nSPS) is 15.8. The number of aliphatic hydroxyl groups is 1. The fourth-order valence-corrected chi connectivity index (χ4v) is 3.71. The molecule has 0 aliphatic carbocycles. The number of fused-ring (bicyclic) bond motifs is 2. The van der Waals surface area contributed by atoms with Gasteiger partial charge in [0.25, 0.3) is 0 Å². The van der Waals surface area contributed by atoms with Crippen LogP contribution in [0.15, 0.2) is 36.4 Å². The van der Waals surface area contributed by atoms with Crippen molar-refractivity contribution in [2.75, 3.05) is 26.8 Å². The molecule has 0 unspecified atom stereocenters. The molecular formula is C22H24O7. The zero-order chi connectivity index (χ0) is 20.2. The number of ether oxygens (including phenoxy) is 5. The summed E-state index contributed by atoms with van der Waals surface area (Å²) in [6.07, 6.45) is 1.27. The van der Waals surface area contributed by atoms with E-state index in [9.17, 15) is 9.90 Å². The Bertz CT molecular complexity index is 879. The van der Waals surface area contributed by atoms with Crippen molar-refractivity contribution in [1.82, 2.24) is 0 Å². The Labute approximate surface area is 169 Å². The topological polar surface area (TPSA) is 83.5 Å². The van der Waals surface area contributed by atoms with Crippen LogP contribution in [0.4, 0.5) is 0 Å². The number of carbonyl (C=O) groups is 1. The van der Waals surface area contributed by atoms with Gasteiger partial charge in [0.15, 0.2) is 23.0 Å². The lowest BCUT2D eigenvalue weighted by Gasteiger charge is -2.26. The molecule has 2 aromatic carbocycles. The van der Waals surface area contributed by atoms with Crippen LogP contribution in [0.3, 0.4) is 0 Å². The lowest BCUT2D eigenvalue weighted by molar-refractivity contribution is -0.143. The Morgan fingerprint density at radius 3 is 1.93 bits per heavy atom. The number of carbonyl (C=O) groups excluding carboxylic acids is 1. The second kappa shape index (κ2) is 8.61. The summed E-state index contributed by atoms with van der Waals surface area (Å²) in [5.41, 5.74) is 2.07. The molecule has 0 bridgehead atoms. The molecule has 0 radical (unpaired) electrons. The summed E-state index contributed by atoms with van der Waals surface area (Å²) in [7, 11) is 0. The van der Waals surface area contributed by atoms with Crippen molar-refractivity contribution in [2.24, 2.45) is 11.8 Å². The molecule has 2 aromatic rings. The maximum atomic E-state index is 11.4. The zero-order valence-corrected chi connectivity index (χ0v) is 16.3. The minimum absolute atomic E-state index is 0.0229. The van der Waals surface area contributed by atoms with E-state index in [0.717, 1.165) is 22.6 Å². The summed E-state index contributed by atoms with van der Waals surface area (Å²) < 4.78 is 27.0. The van der Waals surface area contributed by atoms with E-state index in [4.69, 9.17) is 23.7 Å². The van der Waals surface area contributed by atoms with Crippen molar-refractivity contribution in [3.05, 3.63) is 47.5 Å². The SMILES string of the molecule is CC(=O)OC[C@@H](Cc1ccc2c(c1)OCO2)[C@@H](CO)Cc1ccc2c(c1)OCO2. The predicted octanol–water partition coefficient (Wildman–Crippen LogP) is 2.72. The van der Waals surface area contributed by atoms with Crippen LogP contribution in [-0.4, -0.2) is 37.9 Å². The minimum atomic E-state index is -0.333. The molecule has 1 N–H and O–H groups in total. The first-order valence-electron chi connectivity index (χ1n) is 9.63. The van der Waals surface area contributed by atoms with Crippen LogP contribution in [0.5, 0.6) is 23.0 Å². The van der Waals surface area contributed by atoms with Crippen LogP contribution < -0.4 is 18.9 Å². The highest BCUT2D eigenvalue weighted by molar-refractivity contribution is 5.65. The van der Waals surface area contributed by atoms with Gasteiger partial charge < -0.3 is 28.8 Å². The predicted molar refractivity (Wildman–Crippen MR) is 103 cm³/mol. The monoisotopic (exact) mass is 400 g/mol. The van der Waals surface area contributed by atoms with Crippen LogP contribution in [0.1, 0.15) is 18.1 Å². The zero-order valence-electron chi connectivity index (χ0n) is 16.3. The third kappa shape index (κ3) is 4.56. The Morgan fingerprint density at radius 2 is 1.41 bits per heavy atom. The number of benzene rings is 2. The van der Waals surface area contributed by atoms with Gasteiger partial charge in [-0.1, -0.05) is 12.1 Å². The molecule has 2 aliphatic heterocycles. The number of rotatable bonds is 8. The van der Waals surface area contributed by atoms with Gasteiger partial charge in [-0.15, -0.1) is 0 Å². The molecule has 0 saturated heterocycles. The Balaban J connectivity index is 1.51. The molecule has 7 nitrogen and oxygen atoms in total. The molecule has 7 heteroatoms. The van der Waals surface area contributed by atoms with Gasteiger partial charge in [-0.3, -0.25) is 4.79 Å². The lowest BCUT2D eigenvalue weighted by atomic mass is 9.83. The van der Waals surface area contributed by atoms with Crippen LogP contribution in [0.2, 0.25) is 0 Å². The number of hydrogen-bond donors (Lipinski definition) is 1. The summed E-state index contributed by atoms with van der Waals surface area (Å²) >= 11 is 0. The summed E-state index contributed by atoms with van der Waals surface area (Å²) in [6.45, 7) is 2.05.